The van der Waals surface area contributed by atoms with Crippen molar-refractivity contribution in [3.63, 3.8) is 0 Å². The van der Waals surface area contributed by atoms with Crippen LogP contribution in [0.1, 0.15) is 12.5 Å². The zero-order valence-corrected chi connectivity index (χ0v) is 15.1. The van der Waals surface area contributed by atoms with Crippen LogP contribution in [0.3, 0.4) is 0 Å². The number of amides is 1. The number of Topliss-reactive ketones (excluding diaryl/α,β-unsaturated/α-hetero) is 1. The first-order chi connectivity index (χ1) is 12.5. The first-order valence-electron chi connectivity index (χ1n) is 7.96. The molecule has 136 valence electrons. The van der Waals surface area contributed by atoms with Crippen LogP contribution in [-0.2, 0) is 9.59 Å². The van der Waals surface area contributed by atoms with Gasteiger partial charge >= 0.3 is 0 Å². The second kappa shape index (κ2) is 8.75. The molecule has 0 bridgehead atoms. The van der Waals surface area contributed by atoms with Crippen molar-refractivity contribution in [2.45, 2.75) is 19.9 Å². The van der Waals surface area contributed by atoms with Gasteiger partial charge < -0.3 is 14.8 Å². The van der Waals surface area contributed by atoms with Crippen molar-refractivity contribution in [3.8, 4) is 11.5 Å². The first-order valence-corrected chi connectivity index (χ1v) is 7.96. The summed E-state index contributed by atoms with van der Waals surface area (Å²) >= 11 is 0. The third kappa shape index (κ3) is 4.66. The van der Waals surface area contributed by atoms with Gasteiger partial charge in [0.15, 0.2) is 5.78 Å². The van der Waals surface area contributed by atoms with E-state index in [9.17, 15) is 9.59 Å². The van der Waals surface area contributed by atoms with Crippen LogP contribution in [0.5, 0.6) is 11.5 Å². The van der Waals surface area contributed by atoms with Crippen LogP contribution in [0.25, 0.3) is 0 Å². The monoisotopic (exact) mass is 355 g/mol. The Labute approximate surface area is 152 Å². The van der Waals surface area contributed by atoms with E-state index >= 15 is 0 Å². The van der Waals surface area contributed by atoms with Gasteiger partial charge in [0.25, 0.3) is 5.91 Å². The van der Waals surface area contributed by atoms with Gasteiger partial charge in [0.2, 0.25) is 6.04 Å². The Kier molecular flexibility index (Phi) is 6.43. The van der Waals surface area contributed by atoms with E-state index in [0.717, 1.165) is 5.56 Å². The summed E-state index contributed by atoms with van der Waals surface area (Å²) in [5.74, 6) is -0.00876. The maximum atomic E-state index is 12.5. The molecule has 1 N–H and O–H groups in total. The molecule has 1 atom stereocenters. The number of carbonyl (C=O) groups is 2. The minimum atomic E-state index is -1.27. The lowest BCUT2D eigenvalue weighted by Gasteiger charge is -2.12. The number of hydrogen-bond donors (Lipinski definition) is 1. The molecule has 0 heterocycles. The maximum absolute atomic E-state index is 12.5. The smallest absolute Gasteiger partial charge is 0.258 e. The standard InChI is InChI=1S/C19H21N3O4/c1-12-9-10-15(17(11-12)26-4)21-22-18(13(2)23)19(24)20-14-7-5-6-8-16(14)25-3/h5-11,18H,1-4H3,(H,20,24)/b22-21+. The first kappa shape index (κ1) is 19.1. The van der Waals surface area contributed by atoms with Gasteiger partial charge in [0, 0.05) is 0 Å². The Morgan fingerprint density at radius 2 is 1.73 bits per heavy atom. The average Bonchev–Trinajstić information content (AvgIpc) is 2.63. The third-order valence-corrected chi connectivity index (χ3v) is 3.61. The molecule has 2 rings (SSSR count). The number of ether oxygens (including phenoxy) is 2. The van der Waals surface area contributed by atoms with E-state index in [1.54, 1.807) is 36.4 Å². The Balaban J connectivity index is 2.23. The Bertz CT molecular complexity index is 833. The highest BCUT2D eigenvalue weighted by Crippen LogP contribution is 2.29. The average molecular weight is 355 g/mol. The molecular weight excluding hydrogens is 334 g/mol. The van der Waals surface area contributed by atoms with Gasteiger partial charge in [-0.3, -0.25) is 9.59 Å². The molecule has 0 spiro atoms. The van der Waals surface area contributed by atoms with Crippen molar-refractivity contribution in [1.29, 1.82) is 0 Å². The summed E-state index contributed by atoms with van der Waals surface area (Å²) in [5, 5.41) is 10.6. The summed E-state index contributed by atoms with van der Waals surface area (Å²) in [6, 6.07) is 11.0. The number of para-hydroxylation sites is 2. The van der Waals surface area contributed by atoms with Crippen LogP contribution in [0.4, 0.5) is 11.4 Å². The van der Waals surface area contributed by atoms with E-state index in [1.807, 2.05) is 13.0 Å². The van der Waals surface area contributed by atoms with Crippen LogP contribution in [0, 0.1) is 6.92 Å². The lowest BCUT2D eigenvalue weighted by Crippen LogP contribution is -2.31. The van der Waals surface area contributed by atoms with Crippen molar-refractivity contribution in [2.24, 2.45) is 10.2 Å². The van der Waals surface area contributed by atoms with Crippen LogP contribution in [-0.4, -0.2) is 32.0 Å². The molecule has 7 nitrogen and oxygen atoms in total. The highest BCUT2D eigenvalue weighted by molar-refractivity contribution is 6.10. The Morgan fingerprint density at radius 3 is 2.38 bits per heavy atom. The van der Waals surface area contributed by atoms with Gasteiger partial charge in [-0.15, -0.1) is 0 Å². The fraction of sp³-hybridized carbons (Fsp3) is 0.263. The van der Waals surface area contributed by atoms with Crippen molar-refractivity contribution in [1.82, 2.24) is 0 Å². The zero-order valence-electron chi connectivity index (χ0n) is 15.1. The molecule has 0 aliphatic rings. The fourth-order valence-corrected chi connectivity index (χ4v) is 2.25. The van der Waals surface area contributed by atoms with Crippen molar-refractivity contribution in [3.05, 3.63) is 48.0 Å². The lowest BCUT2D eigenvalue weighted by atomic mass is 10.2. The summed E-state index contributed by atoms with van der Waals surface area (Å²) in [4.78, 5) is 24.4. The number of anilines is 1. The van der Waals surface area contributed by atoms with Crippen molar-refractivity contribution >= 4 is 23.1 Å². The van der Waals surface area contributed by atoms with Gasteiger partial charge in [0.1, 0.15) is 17.2 Å². The fourth-order valence-electron chi connectivity index (χ4n) is 2.25. The number of methoxy groups -OCH3 is 2. The summed E-state index contributed by atoms with van der Waals surface area (Å²) in [5.41, 5.74) is 1.89. The van der Waals surface area contributed by atoms with Crippen molar-refractivity contribution in [2.75, 3.05) is 19.5 Å². The van der Waals surface area contributed by atoms with E-state index in [1.165, 1.54) is 21.1 Å². The Hall–Kier alpha value is -3.22. The van der Waals surface area contributed by atoms with E-state index in [2.05, 4.69) is 15.5 Å². The van der Waals surface area contributed by atoms with Gasteiger partial charge in [0.05, 0.1) is 19.9 Å². The van der Waals surface area contributed by atoms with Crippen LogP contribution < -0.4 is 14.8 Å². The van der Waals surface area contributed by atoms with E-state index in [0.29, 0.717) is 22.9 Å². The molecule has 26 heavy (non-hydrogen) atoms. The molecular formula is C19H21N3O4. The number of hydrogen-bond acceptors (Lipinski definition) is 6. The SMILES string of the molecule is COc1cc(C)ccc1/N=N/C(C(C)=O)C(=O)Nc1ccccc1OC. The minimum Gasteiger partial charge on any atom is -0.495 e. The summed E-state index contributed by atoms with van der Waals surface area (Å²) in [6.45, 7) is 3.21. The molecule has 0 aliphatic carbocycles. The predicted octanol–water partition coefficient (Wildman–Crippen LogP) is 3.69. The molecule has 0 saturated carbocycles. The molecule has 0 aliphatic heterocycles. The highest BCUT2D eigenvalue weighted by atomic mass is 16.5. The normalized spacial score (nSPS) is 11.8. The van der Waals surface area contributed by atoms with Crippen LogP contribution in [0.15, 0.2) is 52.7 Å². The number of rotatable bonds is 7. The number of benzene rings is 2. The summed E-state index contributed by atoms with van der Waals surface area (Å²) in [7, 11) is 3.02. The molecule has 0 aromatic heterocycles. The molecule has 2 aromatic carbocycles. The Morgan fingerprint density at radius 1 is 1.04 bits per heavy atom. The zero-order chi connectivity index (χ0) is 19.1. The van der Waals surface area contributed by atoms with Crippen LogP contribution in [0.2, 0.25) is 0 Å². The van der Waals surface area contributed by atoms with E-state index < -0.39 is 17.7 Å². The number of azo groups is 1. The van der Waals surface area contributed by atoms with Crippen molar-refractivity contribution < 1.29 is 19.1 Å². The molecule has 1 unspecified atom stereocenters. The minimum absolute atomic E-state index is 0.424. The quantitative estimate of drug-likeness (QED) is 0.606. The number of ketones is 1. The maximum Gasteiger partial charge on any atom is 0.258 e. The number of nitrogens with zero attached hydrogens (tertiary/aromatic N) is 2. The lowest BCUT2D eigenvalue weighted by molar-refractivity contribution is -0.126. The number of carbonyl (C=O) groups excluding carboxylic acids is 2. The predicted molar refractivity (Wildman–Crippen MR) is 98.3 cm³/mol. The summed E-state index contributed by atoms with van der Waals surface area (Å²) < 4.78 is 10.4. The number of nitrogens with one attached hydrogen (secondary N) is 1. The molecule has 0 fully saturated rings. The molecule has 2 aromatic rings. The van der Waals surface area contributed by atoms with Gasteiger partial charge in [-0.05, 0) is 43.7 Å². The van der Waals surface area contributed by atoms with Crippen LogP contribution >= 0.6 is 0 Å². The summed E-state index contributed by atoms with van der Waals surface area (Å²) in [6.07, 6.45) is 0. The van der Waals surface area contributed by atoms with Gasteiger partial charge in [-0.2, -0.15) is 10.2 Å². The second-order valence-corrected chi connectivity index (χ2v) is 5.59. The molecule has 0 saturated heterocycles. The topological polar surface area (TPSA) is 89.4 Å². The largest absolute Gasteiger partial charge is 0.495 e. The highest BCUT2D eigenvalue weighted by Gasteiger charge is 2.24. The molecule has 1 amide bonds. The van der Waals surface area contributed by atoms with E-state index in [-0.39, 0.29) is 0 Å². The van der Waals surface area contributed by atoms with E-state index in [4.69, 9.17) is 9.47 Å². The van der Waals surface area contributed by atoms with Gasteiger partial charge in [-0.1, -0.05) is 18.2 Å². The van der Waals surface area contributed by atoms with Gasteiger partial charge in [-0.25, -0.2) is 0 Å². The molecule has 7 heteroatoms. The number of aryl methyl sites for hydroxylation is 1. The third-order valence-electron chi connectivity index (χ3n) is 3.61. The molecule has 0 radical (unpaired) electrons. The second-order valence-electron chi connectivity index (χ2n) is 5.59.